The van der Waals surface area contributed by atoms with Crippen molar-refractivity contribution < 1.29 is 5.11 Å². The van der Waals surface area contributed by atoms with Crippen molar-refractivity contribution in [2.75, 3.05) is 19.7 Å². The third-order valence-electron chi connectivity index (χ3n) is 1.37. The van der Waals surface area contributed by atoms with Gasteiger partial charge in [-0.3, -0.25) is 0 Å². The summed E-state index contributed by atoms with van der Waals surface area (Å²) in [7, 11) is 0. The van der Waals surface area contributed by atoms with Crippen molar-refractivity contribution in [3.63, 3.8) is 0 Å². The number of aliphatic hydroxyl groups excluding tert-OH is 1. The third-order valence-corrected chi connectivity index (χ3v) is 1.37. The molecule has 0 spiro atoms. The average Bonchev–Trinajstić information content (AvgIpc) is 1.98. The van der Waals surface area contributed by atoms with Crippen molar-refractivity contribution in [1.29, 1.82) is 0 Å². The minimum atomic E-state index is 0.286. The first-order valence-electron chi connectivity index (χ1n) is 3.82. The average molecular weight is 143 g/mol. The summed E-state index contributed by atoms with van der Waals surface area (Å²) in [4.78, 5) is 2.18. The van der Waals surface area contributed by atoms with Crippen molar-refractivity contribution in [1.82, 2.24) is 4.90 Å². The molecule has 0 amide bonds. The molecule has 0 aromatic rings. The molecule has 2 heteroatoms. The fourth-order valence-corrected chi connectivity index (χ4v) is 0.823. The number of allylic oxidation sites excluding steroid dienone is 1. The molecule has 1 N–H and O–H groups in total. The summed E-state index contributed by atoms with van der Waals surface area (Å²) in [5, 5.41) is 8.53. The molecule has 2 nitrogen and oxygen atoms in total. The van der Waals surface area contributed by atoms with E-state index in [9.17, 15) is 0 Å². The standard InChI is InChI=1S/C8H17NO/c1-3-6-9(4-2)7-5-8-10/h3,6,10H,4-5,7-8H2,1-2H3/b6-3-. The molecule has 0 radical (unpaired) electrons. The van der Waals surface area contributed by atoms with Gasteiger partial charge in [0.25, 0.3) is 0 Å². The van der Waals surface area contributed by atoms with Crippen molar-refractivity contribution in [3.05, 3.63) is 12.3 Å². The highest BCUT2D eigenvalue weighted by Gasteiger charge is 1.92. The summed E-state index contributed by atoms with van der Waals surface area (Å²) < 4.78 is 0. The highest BCUT2D eigenvalue weighted by atomic mass is 16.3. The molecule has 0 heterocycles. The van der Waals surface area contributed by atoms with E-state index in [1.165, 1.54) is 0 Å². The third kappa shape index (κ3) is 4.39. The summed E-state index contributed by atoms with van der Waals surface area (Å²) >= 11 is 0. The summed E-state index contributed by atoms with van der Waals surface area (Å²) in [6.45, 7) is 6.37. The van der Waals surface area contributed by atoms with Gasteiger partial charge < -0.3 is 10.0 Å². The lowest BCUT2D eigenvalue weighted by Crippen LogP contribution is -2.18. The Balaban J connectivity index is 3.39. The number of hydrogen-bond donors (Lipinski definition) is 1. The molecule has 0 aliphatic carbocycles. The molecule has 0 aliphatic rings. The predicted molar refractivity (Wildman–Crippen MR) is 43.8 cm³/mol. The highest BCUT2D eigenvalue weighted by molar-refractivity contribution is 4.77. The normalized spacial score (nSPS) is 10.7. The van der Waals surface area contributed by atoms with Crippen LogP contribution in [0.1, 0.15) is 20.3 Å². The summed E-state index contributed by atoms with van der Waals surface area (Å²) in [5.41, 5.74) is 0. The number of aliphatic hydroxyl groups is 1. The van der Waals surface area contributed by atoms with Crippen LogP contribution in [-0.4, -0.2) is 29.7 Å². The van der Waals surface area contributed by atoms with Crippen LogP contribution in [0.2, 0.25) is 0 Å². The van der Waals surface area contributed by atoms with Crippen LogP contribution in [-0.2, 0) is 0 Å². The van der Waals surface area contributed by atoms with Gasteiger partial charge in [0.05, 0.1) is 0 Å². The van der Waals surface area contributed by atoms with E-state index in [1.54, 1.807) is 0 Å². The topological polar surface area (TPSA) is 23.5 Å². The van der Waals surface area contributed by atoms with Gasteiger partial charge in [0, 0.05) is 19.7 Å². The van der Waals surface area contributed by atoms with Crippen LogP contribution in [0, 0.1) is 0 Å². The predicted octanol–water partition coefficient (Wildman–Crippen LogP) is 1.22. The first kappa shape index (κ1) is 9.50. The number of nitrogens with zero attached hydrogens (tertiary/aromatic N) is 1. The lowest BCUT2D eigenvalue weighted by Gasteiger charge is -2.16. The molecular weight excluding hydrogens is 126 g/mol. The van der Waals surface area contributed by atoms with Crippen LogP contribution in [0.5, 0.6) is 0 Å². The highest BCUT2D eigenvalue weighted by Crippen LogP contribution is 1.91. The number of rotatable bonds is 5. The Labute approximate surface area is 63.2 Å². The Morgan fingerprint density at radius 3 is 2.60 bits per heavy atom. The Morgan fingerprint density at radius 1 is 1.50 bits per heavy atom. The van der Waals surface area contributed by atoms with Gasteiger partial charge in [-0.2, -0.15) is 0 Å². The van der Waals surface area contributed by atoms with E-state index in [0.717, 1.165) is 19.5 Å². The first-order chi connectivity index (χ1) is 4.85. The fourth-order valence-electron chi connectivity index (χ4n) is 0.823. The summed E-state index contributed by atoms with van der Waals surface area (Å²) in [5.74, 6) is 0. The molecule has 0 atom stereocenters. The zero-order valence-corrected chi connectivity index (χ0v) is 6.88. The molecule has 10 heavy (non-hydrogen) atoms. The maximum atomic E-state index is 8.53. The molecule has 0 bridgehead atoms. The Bertz CT molecular complexity index is 91.3. The van der Waals surface area contributed by atoms with Crippen LogP contribution >= 0.6 is 0 Å². The molecule has 0 saturated heterocycles. The molecule has 0 aromatic carbocycles. The van der Waals surface area contributed by atoms with Crippen LogP contribution in [0.25, 0.3) is 0 Å². The minimum absolute atomic E-state index is 0.286. The van der Waals surface area contributed by atoms with Gasteiger partial charge in [0.1, 0.15) is 0 Å². The van der Waals surface area contributed by atoms with Crippen molar-refractivity contribution in [2.45, 2.75) is 20.3 Å². The molecule has 60 valence electrons. The maximum Gasteiger partial charge on any atom is 0.0447 e. The van der Waals surface area contributed by atoms with Crippen LogP contribution in [0.4, 0.5) is 0 Å². The monoisotopic (exact) mass is 143 g/mol. The zero-order valence-electron chi connectivity index (χ0n) is 6.88. The van der Waals surface area contributed by atoms with E-state index >= 15 is 0 Å². The summed E-state index contributed by atoms with van der Waals surface area (Å²) in [6, 6.07) is 0. The molecule has 0 fully saturated rings. The van der Waals surface area contributed by atoms with E-state index in [2.05, 4.69) is 18.0 Å². The second kappa shape index (κ2) is 6.62. The Morgan fingerprint density at radius 2 is 2.20 bits per heavy atom. The van der Waals surface area contributed by atoms with Crippen LogP contribution < -0.4 is 0 Å². The second-order valence-electron chi connectivity index (χ2n) is 2.19. The van der Waals surface area contributed by atoms with Gasteiger partial charge >= 0.3 is 0 Å². The smallest absolute Gasteiger partial charge is 0.0447 e. The van der Waals surface area contributed by atoms with E-state index < -0.39 is 0 Å². The molecule has 0 unspecified atom stereocenters. The van der Waals surface area contributed by atoms with Gasteiger partial charge in [0.2, 0.25) is 0 Å². The fraction of sp³-hybridized carbons (Fsp3) is 0.750. The van der Waals surface area contributed by atoms with Gasteiger partial charge in [-0.15, -0.1) is 0 Å². The first-order valence-corrected chi connectivity index (χ1v) is 3.82. The largest absolute Gasteiger partial charge is 0.396 e. The van der Waals surface area contributed by atoms with Crippen molar-refractivity contribution >= 4 is 0 Å². The molecule has 0 saturated carbocycles. The van der Waals surface area contributed by atoms with Crippen molar-refractivity contribution in [3.8, 4) is 0 Å². The molecular formula is C8H17NO. The SMILES string of the molecule is C/C=C\N(CC)CCCO. The molecule has 0 aliphatic heterocycles. The minimum Gasteiger partial charge on any atom is -0.396 e. The van der Waals surface area contributed by atoms with E-state index in [1.807, 2.05) is 13.0 Å². The quantitative estimate of drug-likeness (QED) is 0.625. The van der Waals surface area contributed by atoms with Gasteiger partial charge in [0.15, 0.2) is 0 Å². The van der Waals surface area contributed by atoms with E-state index in [0.29, 0.717) is 0 Å². The second-order valence-corrected chi connectivity index (χ2v) is 2.19. The summed E-state index contributed by atoms with van der Waals surface area (Å²) in [6.07, 6.45) is 4.93. The Hall–Kier alpha value is -0.500. The molecule has 0 aromatic heterocycles. The molecule has 0 rings (SSSR count). The van der Waals surface area contributed by atoms with E-state index in [-0.39, 0.29) is 6.61 Å². The van der Waals surface area contributed by atoms with Gasteiger partial charge in [-0.1, -0.05) is 6.08 Å². The van der Waals surface area contributed by atoms with Crippen molar-refractivity contribution in [2.24, 2.45) is 0 Å². The van der Waals surface area contributed by atoms with Crippen LogP contribution in [0.3, 0.4) is 0 Å². The Kier molecular flexibility index (Phi) is 6.29. The zero-order chi connectivity index (χ0) is 7.82. The van der Waals surface area contributed by atoms with Gasteiger partial charge in [-0.05, 0) is 26.5 Å². The van der Waals surface area contributed by atoms with Crippen LogP contribution in [0.15, 0.2) is 12.3 Å². The van der Waals surface area contributed by atoms with E-state index in [4.69, 9.17) is 5.11 Å². The lowest BCUT2D eigenvalue weighted by atomic mass is 10.4. The lowest BCUT2D eigenvalue weighted by molar-refractivity contribution is 0.261. The number of hydrogen-bond acceptors (Lipinski definition) is 2. The maximum absolute atomic E-state index is 8.53. The van der Waals surface area contributed by atoms with Gasteiger partial charge in [-0.25, -0.2) is 0 Å².